The first-order chi connectivity index (χ1) is 17.8. The van der Waals surface area contributed by atoms with Crippen LogP contribution in [0.5, 0.6) is 0 Å². The first-order valence-corrected chi connectivity index (χ1v) is 15.9. The largest absolute Gasteiger partial charge is 0.334 e. The smallest absolute Gasteiger partial charge is 0.0948 e. The predicted octanol–water partition coefficient (Wildman–Crippen LogP) is 11.1. The molecule has 0 fully saturated rings. The molecule has 0 aliphatic carbocycles. The molecular formula is C34H58N2. The minimum absolute atomic E-state index is 0.573. The zero-order chi connectivity index (χ0) is 25.5. The lowest BCUT2D eigenvalue weighted by Crippen LogP contribution is -2.21. The van der Waals surface area contributed by atoms with E-state index in [1.54, 1.807) is 0 Å². The fourth-order valence-corrected chi connectivity index (χ4v) is 5.81. The van der Waals surface area contributed by atoms with Crippen LogP contribution in [0, 0.1) is 5.92 Å². The lowest BCUT2D eigenvalue weighted by Gasteiger charge is -2.29. The summed E-state index contributed by atoms with van der Waals surface area (Å²) in [6.07, 6.45) is 35.5. The van der Waals surface area contributed by atoms with Crippen molar-refractivity contribution >= 4 is 0 Å². The second kappa shape index (κ2) is 21.5. The monoisotopic (exact) mass is 494 g/mol. The SMILES string of the molecule is CCCCCCCCCCCCCCCCCCC(Cc1ccccc1)C(CCCC)n1ccnc1. The van der Waals surface area contributed by atoms with Crippen LogP contribution in [0.3, 0.4) is 0 Å². The molecule has 0 N–H and O–H groups in total. The number of rotatable bonds is 24. The number of hydrogen-bond acceptors (Lipinski definition) is 1. The van der Waals surface area contributed by atoms with E-state index in [1.807, 2.05) is 12.5 Å². The molecule has 2 heteroatoms. The third kappa shape index (κ3) is 14.2. The molecule has 2 unspecified atom stereocenters. The highest BCUT2D eigenvalue weighted by Gasteiger charge is 2.22. The summed E-state index contributed by atoms with van der Waals surface area (Å²) in [6.45, 7) is 4.61. The summed E-state index contributed by atoms with van der Waals surface area (Å²) in [5.74, 6) is 0.694. The van der Waals surface area contributed by atoms with E-state index in [0.29, 0.717) is 12.0 Å². The lowest BCUT2D eigenvalue weighted by atomic mass is 9.84. The van der Waals surface area contributed by atoms with E-state index in [2.05, 4.69) is 59.9 Å². The fourth-order valence-electron chi connectivity index (χ4n) is 5.81. The number of nitrogens with zero attached hydrogens (tertiary/aromatic N) is 2. The Bertz CT molecular complexity index is 693. The van der Waals surface area contributed by atoms with Gasteiger partial charge in [0.1, 0.15) is 0 Å². The summed E-state index contributed by atoms with van der Waals surface area (Å²) in [5.41, 5.74) is 1.49. The van der Waals surface area contributed by atoms with Crippen molar-refractivity contribution < 1.29 is 0 Å². The quantitative estimate of drug-likeness (QED) is 0.133. The topological polar surface area (TPSA) is 17.8 Å². The van der Waals surface area contributed by atoms with Crippen molar-refractivity contribution in [3.63, 3.8) is 0 Å². The second-order valence-corrected chi connectivity index (χ2v) is 11.3. The highest BCUT2D eigenvalue weighted by Crippen LogP contribution is 2.32. The van der Waals surface area contributed by atoms with Crippen molar-refractivity contribution in [2.24, 2.45) is 5.92 Å². The molecule has 204 valence electrons. The first-order valence-electron chi connectivity index (χ1n) is 15.9. The average Bonchev–Trinajstić information content (AvgIpc) is 3.44. The number of imidazole rings is 1. The maximum Gasteiger partial charge on any atom is 0.0948 e. The summed E-state index contributed by atoms with van der Waals surface area (Å²) in [4.78, 5) is 4.38. The van der Waals surface area contributed by atoms with E-state index in [4.69, 9.17) is 0 Å². The zero-order valence-electron chi connectivity index (χ0n) is 24.0. The predicted molar refractivity (Wildman–Crippen MR) is 159 cm³/mol. The van der Waals surface area contributed by atoms with E-state index < -0.39 is 0 Å². The van der Waals surface area contributed by atoms with Gasteiger partial charge in [0.2, 0.25) is 0 Å². The van der Waals surface area contributed by atoms with Crippen LogP contribution >= 0.6 is 0 Å². The van der Waals surface area contributed by atoms with Gasteiger partial charge in [0.15, 0.2) is 0 Å². The zero-order valence-corrected chi connectivity index (χ0v) is 24.0. The van der Waals surface area contributed by atoms with Crippen molar-refractivity contribution in [3.05, 3.63) is 54.6 Å². The van der Waals surface area contributed by atoms with Crippen LogP contribution in [0.2, 0.25) is 0 Å². The van der Waals surface area contributed by atoms with E-state index in [9.17, 15) is 0 Å². The Hall–Kier alpha value is -1.57. The normalized spacial score (nSPS) is 13.2. The second-order valence-electron chi connectivity index (χ2n) is 11.3. The van der Waals surface area contributed by atoms with Crippen molar-refractivity contribution in [3.8, 4) is 0 Å². The van der Waals surface area contributed by atoms with Gasteiger partial charge in [-0.3, -0.25) is 0 Å². The minimum atomic E-state index is 0.573. The third-order valence-corrected chi connectivity index (χ3v) is 8.07. The Morgan fingerprint density at radius 1 is 0.611 bits per heavy atom. The molecule has 0 spiro atoms. The summed E-state index contributed by atoms with van der Waals surface area (Å²) >= 11 is 0. The van der Waals surface area contributed by atoms with Crippen LogP contribution in [0.25, 0.3) is 0 Å². The first kappa shape index (κ1) is 30.7. The molecule has 0 amide bonds. The van der Waals surface area contributed by atoms with Crippen LogP contribution in [0.1, 0.15) is 154 Å². The summed E-state index contributed by atoms with van der Waals surface area (Å²) in [6, 6.07) is 11.7. The van der Waals surface area contributed by atoms with Crippen LogP contribution < -0.4 is 0 Å². The van der Waals surface area contributed by atoms with Gasteiger partial charge in [0.25, 0.3) is 0 Å². The minimum Gasteiger partial charge on any atom is -0.334 e. The van der Waals surface area contributed by atoms with E-state index >= 15 is 0 Å². The van der Waals surface area contributed by atoms with Crippen molar-refractivity contribution in [1.29, 1.82) is 0 Å². The molecule has 0 bridgehead atoms. The Morgan fingerprint density at radius 3 is 1.64 bits per heavy atom. The van der Waals surface area contributed by atoms with Gasteiger partial charge in [-0.15, -0.1) is 0 Å². The van der Waals surface area contributed by atoms with Gasteiger partial charge < -0.3 is 4.57 Å². The Kier molecular flexibility index (Phi) is 18.3. The summed E-state index contributed by atoms with van der Waals surface area (Å²) < 4.78 is 2.40. The fraction of sp³-hybridized carbons (Fsp3) is 0.735. The molecule has 36 heavy (non-hydrogen) atoms. The van der Waals surface area contributed by atoms with Crippen molar-refractivity contribution in [2.45, 2.75) is 155 Å². The highest BCUT2D eigenvalue weighted by atomic mass is 15.1. The number of unbranched alkanes of at least 4 members (excludes halogenated alkanes) is 16. The van der Waals surface area contributed by atoms with E-state index in [1.165, 1.54) is 140 Å². The molecule has 0 saturated carbocycles. The Balaban J connectivity index is 1.60. The maximum atomic E-state index is 4.38. The van der Waals surface area contributed by atoms with Gasteiger partial charge in [0, 0.05) is 18.4 Å². The molecule has 0 saturated heterocycles. The molecular weight excluding hydrogens is 436 g/mol. The number of aromatic nitrogens is 2. The summed E-state index contributed by atoms with van der Waals surface area (Å²) in [5, 5.41) is 0. The van der Waals surface area contributed by atoms with Gasteiger partial charge in [-0.2, -0.15) is 0 Å². The average molecular weight is 495 g/mol. The van der Waals surface area contributed by atoms with Crippen LogP contribution in [0.15, 0.2) is 49.1 Å². The molecule has 1 heterocycles. The van der Waals surface area contributed by atoms with Crippen LogP contribution in [-0.4, -0.2) is 9.55 Å². The molecule has 1 aromatic carbocycles. The molecule has 0 aliphatic heterocycles. The standard InChI is InChI=1S/C34H58N2/c1-3-5-7-8-9-10-11-12-13-14-15-16-17-18-19-23-26-33(30-32-24-21-20-22-25-32)34(27-6-4-2)36-29-28-35-31-36/h20-22,24-25,28-29,31,33-34H,3-19,23,26-27,30H2,1-2H3. The van der Waals surface area contributed by atoms with E-state index in [0.717, 1.165) is 0 Å². The van der Waals surface area contributed by atoms with E-state index in [-0.39, 0.29) is 0 Å². The van der Waals surface area contributed by atoms with Gasteiger partial charge in [-0.1, -0.05) is 160 Å². The van der Waals surface area contributed by atoms with Gasteiger partial charge in [-0.25, -0.2) is 4.98 Å². The highest BCUT2D eigenvalue weighted by molar-refractivity contribution is 5.15. The molecule has 2 rings (SSSR count). The molecule has 2 nitrogen and oxygen atoms in total. The molecule has 1 aromatic heterocycles. The lowest BCUT2D eigenvalue weighted by molar-refractivity contribution is 0.277. The van der Waals surface area contributed by atoms with Crippen LogP contribution in [0.4, 0.5) is 0 Å². The van der Waals surface area contributed by atoms with Crippen molar-refractivity contribution in [2.75, 3.05) is 0 Å². The van der Waals surface area contributed by atoms with Gasteiger partial charge in [-0.05, 0) is 30.7 Å². The number of benzene rings is 1. The van der Waals surface area contributed by atoms with Gasteiger partial charge >= 0.3 is 0 Å². The van der Waals surface area contributed by atoms with Crippen LogP contribution in [-0.2, 0) is 6.42 Å². The molecule has 0 aliphatic rings. The number of hydrogen-bond donors (Lipinski definition) is 0. The Labute approximate surface area is 224 Å². The Morgan fingerprint density at radius 2 is 1.14 bits per heavy atom. The molecule has 0 radical (unpaired) electrons. The van der Waals surface area contributed by atoms with Gasteiger partial charge in [0.05, 0.1) is 6.33 Å². The molecule has 2 atom stereocenters. The van der Waals surface area contributed by atoms with Crippen molar-refractivity contribution in [1.82, 2.24) is 9.55 Å². The third-order valence-electron chi connectivity index (χ3n) is 8.07. The molecule has 2 aromatic rings. The summed E-state index contributed by atoms with van der Waals surface area (Å²) in [7, 11) is 0. The maximum absolute atomic E-state index is 4.38.